The van der Waals surface area contributed by atoms with Crippen LogP contribution in [0, 0.1) is 11.3 Å². The Balaban J connectivity index is 1.43. The molecule has 9 heteroatoms. The molecular weight excluding hydrogens is 435 g/mol. The van der Waals surface area contributed by atoms with Crippen molar-refractivity contribution in [1.82, 2.24) is 9.97 Å². The van der Waals surface area contributed by atoms with Crippen molar-refractivity contribution in [1.29, 1.82) is 5.26 Å². The lowest BCUT2D eigenvalue weighted by atomic mass is 10.0. The molecule has 5 nitrogen and oxygen atoms in total. The molecule has 0 aliphatic heterocycles. The first-order valence-corrected chi connectivity index (χ1v) is 10.6. The van der Waals surface area contributed by atoms with Crippen LogP contribution in [0.1, 0.15) is 16.8 Å². The Kier molecular flexibility index (Phi) is 6.08. The number of pyridine rings is 1. The van der Waals surface area contributed by atoms with Crippen LogP contribution in [-0.4, -0.2) is 22.6 Å². The monoisotopic (exact) mass is 453 g/mol. The van der Waals surface area contributed by atoms with E-state index in [0.717, 1.165) is 38.9 Å². The van der Waals surface area contributed by atoms with Crippen molar-refractivity contribution >= 4 is 27.2 Å². The maximum absolute atomic E-state index is 12.7. The number of nitrogens with two attached hydrogens (primary N) is 1. The highest BCUT2D eigenvalue weighted by atomic mass is 32.1. The summed E-state index contributed by atoms with van der Waals surface area (Å²) in [5.74, 6) is 0. The molecule has 0 bridgehead atoms. The number of alkyl halides is 3. The lowest BCUT2D eigenvalue weighted by Gasteiger charge is -2.13. The van der Waals surface area contributed by atoms with E-state index in [1.165, 1.54) is 23.5 Å². The standard InChI is InChI=1S/C23H18F3N5S/c24-23(25,26)18-5-1-14(2-6-18)9-19(28)13-30-22-31-20(11-27)21(32-22)16-3-4-17-12-29-8-7-15(17)10-16/h1-8,10,12,19H,9,13,28H2,(H,30,31). The molecule has 0 saturated carbocycles. The van der Waals surface area contributed by atoms with Crippen molar-refractivity contribution in [3.8, 4) is 16.5 Å². The molecule has 3 N–H and O–H groups in total. The van der Waals surface area contributed by atoms with E-state index in [9.17, 15) is 18.4 Å². The van der Waals surface area contributed by atoms with Crippen LogP contribution in [0.15, 0.2) is 60.9 Å². The lowest BCUT2D eigenvalue weighted by Crippen LogP contribution is -2.31. The minimum atomic E-state index is -4.36. The molecule has 32 heavy (non-hydrogen) atoms. The van der Waals surface area contributed by atoms with Gasteiger partial charge in [0, 0.05) is 30.4 Å². The molecule has 162 valence electrons. The quantitative estimate of drug-likeness (QED) is 0.417. The molecule has 0 aliphatic carbocycles. The molecule has 0 spiro atoms. The van der Waals surface area contributed by atoms with E-state index in [4.69, 9.17) is 5.73 Å². The van der Waals surface area contributed by atoms with Crippen LogP contribution in [0.4, 0.5) is 18.3 Å². The van der Waals surface area contributed by atoms with Gasteiger partial charge in [-0.2, -0.15) is 18.4 Å². The van der Waals surface area contributed by atoms with Crippen LogP contribution >= 0.6 is 11.3 Å². The number of benzene rings is 2. The zero-order valence-electron chi connectivity index (χ0n) is 16.7. The molecule has 2 heterocycles. The minimum Gasteiger partial charge on any atom is -0.360 e. The summed E-state index contributed by atoms with van der Waals surface area (Å²) in [5.41, 5.74) is 7.39. The molecule has 0 aliphatic rings. The molecular formula is C23H18F3N5S. The molecule has 0 saturated heterocycles. The van der Waals surface area contributed by atoms with Crippen molar-refractivity contribution in [2.45, 2.75) is 18.6 Å². The van der Waals surface area contributed by atoms with E-state index in [2.05, 4.69) is 21.4 Å². The predicted octanol–water partition coefficient (Wildman–Crippen LogP) is 5.23. The van der Waals surface area contributed by atoms with Gasteiger partial charge < -0.3 is 11.1 Å². The maximum Gasteiger partial charge on any atom is 0.416 e. The third-order valence-electron chi connectivity index (χ3n) is 4.93. The number of halogens is 3. The van der Waals surface area contributed by atoms with Gasteiger partial charge in [-0.1, -0.05) is 35.6 Å². The summed E-state index contributed by atoms with van der Waals surface area (Å²) in [5, 5.41) is 15.2. The molecule has 1 atom stereocenters. The highest BCUT2D eigenvalue weighted by Crippen LogP contribution is 2.34. The first-order valence-electron chi connectivity index (χ1n) is 9.74. The SMILES string of the molecule is N#Cc1nc(NCC(N)Cc2ccc(C(F)(F)F)cc2)sc1-c1ccc2cnccc2c1. The van der Waals surface area contributed by atoms with Gasteiger partial charge in [0.1, 0.15) is 6.07 Å². The number of aromatic nitrogens is 2. The average molecular weight is 453 g/mol. The smallest absolute Gasteiger partial charge is 0.360 e. The zero-order valence-corrected chi connectivity index (χ0v) is 17.5. The molecule has 1 unspecified atom stereocenters. The summed E-state index contributed by atoms with van der Waals surface area (Å²) in [4.78, 5) is 9.22. The molecule has 4 rings (SSSR count). The van der Waals surface area contributed by atoms with Gasteiger partial charge in [-0.3, -0.25) is 4.98 Å². The molecule has 0 amide bonds. The van der Waals surface area contributed by atoms with E-state index >= 15 is 0 Å². The van der Waals surface area contributed by atoms with Gasteiger partial charge in [0.2, 0.25) is 0 Å². The molecule has 4 aromatic rings. The second-order valence-corrected chi connectivity index (χ2v) is 8.29. The topological polar surface area (TPSA) is 87.6 Å². The number of nitrogens with one attached hydrogen (secondary N) is 1. The molecule has 2 aromatic heterocycles. The van der Waals surface area contributed by atoms with Crippen molar-refractivity contribution < 1.29 is 13.2 Å². The van der Waals surface area contributed by atoms with E-state index in [1.807, 2.05) is 24.3 Å². The third kappa shape index (κ3) is 4.88. The van der Waals surface area contributed by atoms with Crippen LogP contribution in [0.2, 0.25) is 0 Å². The highest BCUT2D eigenvalue weighted by molar-refractivity contribution is 7.19. The summed E-state index contributed by atoms with van der Waals surface area (Å²) in [7, 11) is 0. The third-order valence-corrected chi connectivity index (χ3v) is 5.99. The summed E-state index contributed by atoms with van der Waals surface area (Å²) in [6, 6.07) is 14.6. The first kappa shape index (κ1) is 21.7. The van der Waals surface area contributed by atoms with Gasteiger partial charge >= 0.3 is 6.18 Å². The molecule has 0 fully saturated rings. The molecule has 2 aromatic carbocycles. The predicted molar refractivity (Wildman–Crippen MR) is 119 cm³/mol. The number of hydrogen-bond acceptors (Lipinski definition) is 6. The van der Waals surface area contributed by atoms with Crippen LogP contribution in [-0.2, 0) is 12.6 Å². The second kappa shape index (κ2) is 8.94. The largest absolute Gasteiger partial charge is 0.416 e. The number of nitrogens with zero attached hydrogens (tertiary/aromatic N) is 3. The zero-order chi connectivity index (χ0) is 22.7. The number of fused-ring (bicyclic) bond motifs is 1. The van der Waals surface area contributed by atoms with Gasteiger partial charge in [-0.25, -0.2) is 4.98 Å². The van der Waals surface area contributed by atoms with Gasteiger partial charge in [0.15, 0.2) is 10.8 Å². The van der Waals surface area contributed by atoms with E-state index in [1.54, 1.807) is 12.4 Å². The van der Waals surface area contributed by atoms with Crippen molar-refractivity contribution in [3.05, 3.63) is 77.7 Å². The Labute approximate surface area is 186 Å². The Morgan fingerprint density at radius 3 is 2.59 bits per heavy atom. The first-order chi connectivity index (χ1) is 15.3. The van der Waals surface area contributed by atoms with Gasteiger partial charge in [0.05, 0.1) is 10.4 Å². The van der Waals surface area contributed by atoms with E-state index in [0.29, 0.717) is 23.8 Å². The Morgan fingerprint density at radius 2 is 1.88 bits per heavy atom. The van der Waals surface area contributed by atoms with Crippen LogP contribution in [0.5, 0.6) is 0 Å². The number of thiazole rings is 1. The van der Waals surface area contributed by atoms with E-state index < -0.39 is 11.7 Å². The summed E-state index contributed by atoms with van der Waals surface area (Å²) >= 11 is 1.36. The highest BCUT2D eigenvalue weighted by Gasteiger charge is 2.29. The Bertz CT molecular complexity index is 1280. The van der Waals surface area contributed by atoms with Gasteiger partial charge in [-0.05, 0) is 47.2 Å². The maximum atomic E-state index is 12.7. The van der Waals surface area contributed by atoms with E-state index in [-0.39, 0.29) is 6.04 Å². The fraction of sp³-hybridized carbons (Fsp3) is 0.174. The normalized spacial score (nSPS) is 12.5. The average Bonchev–Trinajstić information content (AvgIpc) is 3.20. The number of rotatable bonds is 6. The van der Waals surface area contributed by atoms with Crippen LogP contribution in [0.3, 0.4) is 0 Å². The molecule has 0 radical (unpaired) electrons. The Hall–Kier alpha value is -3.48. The summed E-state index contributed by atoms with van der Waals surface area (Å²) < 4.78 is 38.1. The second-order valence-electron chi connectivity index (χ2n) is 7.29. The number of nitriles is 1. The minimum absolute atomic E-state index is 0.321. The fourth-order valence-electron chi connectivity index (χ4n) is 3.31. The fourth-order valence-corrected chi connectivity index (χ4v) is 4.23. The van der Waals surface area contributed by atoms with Crippen molar-refractivity contribution in [2.24, 2.45) is 5.73 Å². The summed E-state index contributed by atoms with van der Waals surface area (Å²) in [6.07, 6.45) is -0.449. The van der Waals surface area contributed by atoms with Gasteiger partial charge in [-0.15, -0.1) is 0 Å². The summed E-state index contributed by atoms with van der Waals surface area (Å²) in [6.45, 7) is 0.363. The van der Waals surface area contributed by atoms with Crippen LogP contribution in [0.25, 0.3) is 21.2 Å². The number of hydrogen-bond donors (Lipinski definition) is 2. The Morgan fingerprint density at radius 1 is 1.09 bits per heavy atom. The van der Waals surface area contributed by atoms with Gasteiger partial charge in [0.25, 0.3) is 0 Å². The number of anilines is 1. The lowest BCUT2D eigenvalue weighted by molar-refractivity contribution is -0.137. The van der Waals surface area contributed by atoms with Crippen molar-refractivity contribution in [3.63, 3.8) is 0 Å². The van der Waals surface area contributed by atoms with Crippen LogP contribution < -0.4 is 11.1 Å². The van der Waals surface area contributed by atoms with Crippen molar-refractivity contribution in [2.75, 3.05) is 11.9 Å².